The van der Waals surface area contributed by atoms with E-state index in [2.05, 4.69) is 21.0 Å². The first kappa shape index (κ1) is 12.8. The number of carbonyl (C=O) groups excluding carboxylic acids is 1. The van der Waals surface area contributed by atoms with E-state index in [1.165, 1.54) is 0 Å². The van der Waals surface area contributed by atoms with Crippen molar-refractivity contribution in [3.63, 3.8) is 0 Å². The van der Waals surface area contributed by atoms with Crippen LogP contribution in [0.4, 0.5) is 0 Å². The second kappa shape index (κ2) is 5.43. The Labute approximate surface area is 125 Å². The number of hydrogen-bond donors (Lipinski definition) is 0. The molecule has 0 fully saturated rings. The van der Waals surface area contributed by atoms with Crippen molar-refractivity contribution in [2.75, 3.05) is 0 Å². The van der Waals surface area contributed by atoms with Gasteiger partial charge in [0.15, 0.2) is 5.78 Å². The molecule has 0 saturated carbocycles. The van der Waals surface area contributed by atoms with E-state index in [4.69, 9.17) is 0 Å². The molecule has 0 atom stereocenters. The van der Waals surface area contributed by atoms with Crippen LogP contribution in [0.5, 0.6) is 0 Å². The zero-order valence-corrected chi connectivity index (χ0v) is 12.1. The molecule has 1 heterocycles. The number of nitrogens with zero attached hydrogens (tertiary/aromatic N) is 2. The third-order valence-electron chi connectivity index (χ3n) is 2.99. The molecule has 3 nitrogen and oxygen atoms in total. The Balaban J connectivity index is 2.01. The van der Waals surface area contributed by atoms with Crippen molar-refractivity contribution in [1.29, 1.82) is 0 Å². The molecule has 2 aromatic carbocycles. The first-order valence-electron chi connectivity index (χ1n) is 6.16. The molecule has 0 N–H and O–H groups in total. The van der Waals surface area contributed by atoms with E-state index < -0.39 is 0 Å². The highest BCUT2D eigenvalue weighted by molar-refractivity contribution is 9.10. The van der Waals surface area contributed by atoms with Crippen molar-refractivity contribution in [1.82, 2.24) is 9.78 Å². The van der Waals surface area contributed by atoms with Crippen LogP contribution in [-0.4, -0.2) is 15.6 Å². The van der Waals surface area contributed by atoms with Gasteiger partial charge in [0.05, 0.1) is 17.4 Å². The Hall–Kier alpha value is -2.20. The van der Waals surface area contributed by atoms with Crippen LogP contribution in [0.15, 0.2) is 71.5 Å². The van der Waals surface area contributed by atoms with Crippen LogP contribution in [-0.2, 0) is 0 Å². The Kier molecular flexibility index (Phi) is 3.48. The van der Waals surface area contributed by atoms with Gasteiger partial charge < -0.3 is 0 Å². The van der Waals surface area contributed by atoms with Gasteiger partial charge in [-0.2, -0.15) is 5.10 Å². The average molecular weight is 327 g/mol. The van der Waals surface area contributed by atoms with Crippen LogP contribution in [0.1, 0.15) is 15.9 Å². The number of rotatable bonds is 3. The number of ketones is 1. The van der Waals surface area contributed by atoms with Gasteiger partial charge in [-0.05, 0) is 28.1 Å². The Morgan fingerprint density at radius 3 is 2.20 bits per heavy atom. The maximum atomic E-state index is 12.4. The maximum Gasteiger partial charge on any atom is 0.197 e. The van der Waals surface area contributed by atoms with E-state index in [-0.39, 0.29) is 5.78 Å². The molecular weight excluding hydrogens is 316 g/mol. The van der Waals surface area contributed by atoms with Crippen molar-refractivity contribution in [2.45, 2.75) is 0 Å². The highest BCUT2D eigenvalue weighted by atomic mass is 79.9. The Morgan fingerprint density at radius 2 is 1.55 bits per heavy atom. The van der Waals surface area contributed by atoms with Crippen LogP contribution in [0.2, 0.25) is 0 Å². The summed E-state index contributed by atoms with van der Waals surface area (Å²) < 4.78 is 2.37. The van der Waals surface area contributed by atoms with Crippen molar-refractivity contribution >= 4 is 21.7 Å². The topological polar surface area (TPSA) is 34.9 Å². The normalized spacial score (nSPS) is 10.4. The highest BCUT2D eigenvalue weighted by Crippen LogP contribution is 2.23. The maximum absolute atomic E-state index is 12.4. The summed E-state index contributed by atoms with van der Waals surface area (Å²) in [6, 6.07) is 18.9. The van der Waals surface area contributed by atoms with Gasteiger partial charge in [0.25, 0.3) is 0 Å². The van der Waals surface area contributed by atoms with Crippen LogP contribution >= 0.6 is 15.9 Å². The van der Waals surface area contributed by atoms with Crippen molar-refractivity contribution in [3.8, 4) is 5.69 Å². The fourth-order valence-electron chi connectivity index (χ4n) is 1.98. The number of halogens is 1. The summed E-state index contributed by atoms with van der Waals surface area (Å²) >= 11 is 3.47. The van der Waals surface area contributed by atoms with Crippen LogP contribution in [0.3, 0.4) is 0 Å². The second-order valence-electron chi connectivity index (χ2n) is 4.29. The summed E-state index contributed by atoms with van der Waals surface area (Å²) in [5.74, 6) is -0.0420. The van der Waals surface area contributed by atoms with Crippen molar-refractivity contribution in [3.05, 3.63) is 82.6 Å². The lowest BCUT2D eigenvalue weighted by Gasteiger charge is -2.03. The molecule has 0 aliphatic carbocycles. The lowest BCUT2D eigenvalue weighted by atomic mass is 10.1. The molecule has 4 heteroatoms. The summed E-state index contributed by atoms with van der Waals surface area (Å²) in [7, 11) is 0. The molecule has 0 aliphatic rings. The molecule has 3 aromatic rings. The van der Waals surface area contributed by atoms with Crippen molar-refractivity contribution < 1.29 is 4.79 Å². The van der Waals surface area contributed by atoms with Gasteiger partial charge >= 0.3 is 0 Å². The van der Waals surface area contributed by atoms with Gasteiger partial charge in [-0.3, -0.25) is 4.79 Å². The molecule has 1 aromatic heterocycles. The Bertz CT molecular complexity index is 736. The molecule has 0 saturated heterocycles. The SMILES string of the molecule is O=C(c1ccccc1)c1cnn(-c2ccccc2)c1Br. The molecule has 20 heavy (non-hydrogen) atoms. The van der Waals surface area contributed by atoms with Crippen LogP contribution in [0, 0.1) is 0 Å². The minimum Gasteiger partial charge on any atom is -0.288 e. The minimum atomic E-state index is -0.0420. The Morgan fingerprint density at radius 1 is 0.950 bits per heavy atom. The number of aromatic nitrogens is 2. The monoisotopic (exact) mass is 326 g/mol. The average Bonchev–Trinajstić information content (AvgIpc) is 2.90. The summed E-state index contributed by atoms with van der Waals surface area (Å²) in [5.41, 5.74) is 2.12. The van der Waals surface area contributed by atoms with Crippen LogP contribution < -0.4 is 0 Å². The van der Waals surface area contributed by atoms with E-state index in [0.29, 0.717) is 15.7 Å². The first-order chi connectivity index (χ1) is 9.77. The fourth-order valence-corrected chi connectivity index (χ4v) is 2.56. The number of para-hydroxylation sites is 1. The number of carbonyl (C=O) groups is 1. The van der Waals surface area contributed by atoms with Gasteiger partial charge in [0.1, 0.15) is 4.60 Å². The molecule has 0 radical (unpaired) electrons. The summed E-state index contributed by atoms with van der Waals surface area (Å²) in [6.45, 7) is 0. The van der Waals surface area contributed by atoms with Gasteiger partial charge in [0.2, 0.25) is 0 Å². The van der Waals surface area contributed by atoms with E-state index >= 15 is 0 Å². The molecule has 0 unspecified atom stereocenters. The molecule has 0 bridgehead atoms. The van der Waals surface area contributed by atoms with E-state index in [1.54, 1.807) is 23.0 Å². The van der Waals surface area contributed by atoms with Crippen molar-refractivity contribution in [2.24, 2.45) is 0 Å². The third-order valence-corrected chi connectivity index (χ3v) is 3.75. The van der Waals surface area contributed by atoms with Gasteiger partial charge in [-0.1, -0.05) is 48.5 Å². The van der Waals surface area contributed by atoms with Gasteiger partial charge in [0, 0.05) is 5.56 Å². The number of benzene rings is 2. The predicted octanol–water partition coefficient (Wildman–Crippen LogP) is 3.87. The molecule has 98 valence electrons. The zero-order chi connectivity index (χ0) is 13.9. The molecule has 0 spiro atoms. The lowest BCUT2D eigenvalue weighted by molar-refractivity contribution is 0.103. The molecular formula is C16H11BrN2O. The largest absolute Gasteiger partial charge is 0.288 e. The standard InChI is InChI=1S/C16H11BrN2O/c17-16-14(15(20)12-7-3-1-4-8-12)11-18-19(16)13-9-5-2-6-10-13/h1-11H. The second-order valence-corrected chi connectivity index (χ2v) is 5.04. The molecule has 0 amide bonds. The lowest BCUT2D eigenvalue weighted by Crippen LogP contribution is -2.02. The summed E-state index contributed by atoms with van der Waals surface area (Å²) in [4.78, 5) is 12.4. The quantitative estimate of drug-likeness (QED) is 0.685. The smallest absolute Gasteiger partial charge is 0.197 e. The van der Waals surface area contributed by atoms with E-state index in [1.807, 2.05) is 48.5 Å². The van der Waals surface area contributed by atoms with Crippen LogP contribution in [0.25, 0.3) is 5.69 Å². The van der Waals surface area contributed by atoms with E-state index in [9.17, 15) is 4.79 Å². The minimum absolute atomic E-state index is 0.0420. The molecule has 0 aliphatic heterocycles. The van der Waals surface area contributed by atoms with E-state index in [0.717, 1.165) is 5.69 Å². The summed E-state index contributed by atoms with van der Waals surface area (Å²) in [5, 5.41) is 4.28. The fraction of sp³-hybridized carbons (Fsp3) is 0. The predicted molar refractivity (Wildman–Crippen MR) is 81.1 cm³/mol. The first-order valence-corrected chi connectivity index (χ1v) is 6.95. The molecule has 3 rings (SSSR count). The van der Waals surface area contributed by atoms with Gasteiger partial charge in [-0.15, -0.1) is 0 Å². The highest BCUT2D eigenvalue weighted by Gasteiger charge is 2.17. The summed E-state index contributed by atoms with van der Waals surface area (Å²) in [6.07, 6.45) is 1.59. The zero-order valence-electron chi connectivity index (χ0n) is 10.5. The number of hydrogen-bond acceptors (Lipinski definition) is 2. The third kappa shape index (κ3) is 2.30. The van der Waals surface area contributed by atoms with Gasteiger partial charge in [-0.25, -0.2) is 4.68 Å².